The van der Waals surface area contributed by atoms with Crippen LogP contribution in [0.4, 0.5) is 0 Å². The van der Waals surface area contributed by atoms with E-state index in [1.807, 2.05) is 23.9 Å². The summed E-state index contributed by atoms with van der Waals surface area (Å²) in [5.41, 5.74) is 0. The van der Waals surface area contributed by atoms with Gasteiger partial charge in [-0.3, -0.25) is 4.99 Å². The molecule has 1 aromatic rings. The van der Waals surface area contributed by atoms with Crippen LogP contribution in [0.1, 0.15) is 26.0 Å². The van der Waals surface area contributed by atoms with Crippen LogP contribution in [0.2, 0.25) is 0 Å². The van der Waals surface area contributed by atoms with E-state index in [1.165, 1.54) is 6.42 Å². The Kier molecular flexibility index (Phi) is 3.36. The topological polar surface area (TPSA) is 37.5 Å². The van der Waals surface area contributed by atoms with Crippen molar-refractivity contribution >= 4 is 16.9 Å². The molecular weight excluding hydrogens is 208 g/mol. The third kappa shape index (κ3) is 3.02. The number of nitrogens with zero attached hydrogens (tertiary/aromatic N) is 1. The second-order valence-electron chi connectivity index (χ2n) is 3.91. The normalized spacial score (nSPS) is 29.1. The minimum Gasteiger partial charge on any atom is -0.467 e. The van der Waals surface area contributed by atoms with Gasteiger partial charge in [-0.1, -0.05) is 18.7 Å². The first-order valence-electron chi connectivity index (χ1n) is 5.24. The summed E-state index contributed by atoms with van der Waals surface area (Å²) in [6.07, 6.45) is 2.88. The summed E-state index contributed by atoms with van der Waals surface area (Å²) in [6.45, 7) is 5.06. The van der Waals surface area contributed by atoms with Crippen LogP contribution in [-0.4, -0.2) is 16.5 Å². The van der Waals surface area contributed by atoms with E-state index in [9.17, 15) is 0 Å². The molecule has 0 spiro atoms. The number of furan rings is 1. The molecule has 1 saturated heterocycles. The molecular formula is C11H16N2OS. The average molecular weight is 224 g/mol. The van der Waals surface area contributed by atoms with Crippen molar-refractivity contribution in [1.29, 1.82) is 0 Å². The van der Waals surface area contributed by atoms with E-state index in [0.717, 1.165) is 10.9 Å². The second kappa shape index (κ2) is 4.75. The molecule has 1 aromatic heterocycles. The van der Waals surface area contributed by atoms with Crippen molar-refractivity contribution in [1.82, 2.24) is 5.32 Å². The third-order valence-electron chi connectivity index (χ3n) is 2.33. The first-order chi connectivity index (χ1) is 7.24. The monoisotopic (exact) mass is 224 g/mol. The van der Waals surface area contributed by atoms with Gasteiger partial charge in [0.15, 0.2) is 5.17 Å². The third-order valence-corrected chi connectivity index (χ3v) is 3.39. The van der Waals surface area contributed by atoms with E-state index in [1.54, 1.807) is 6.26 Å². The summed E-state index contributed by atoms with van der Waals surface area (Å²) in [5.74, 6) is 0.913. The highest BCUT2D eigenvalue weighted by Gasteiger charge is 2.19. The Balaban J connectivity index is 1.94. The van der Waals surface area contributed by atoms with Gasteiger partial charge >= 0.3 is 0 Å². The summed E-state index contributed by atoms with van der Waals surface area (Å²) in [6, 6.07) is 4.36. The van der Waals surface area contributed by atoms with E-state index in [4.69, 9.17) is 4.42 Å². The Morgan fingerprint density at radius 3 is 3.13 bits per heavy atom. The van der Waals surface area contributed by atoms with Gasteiger partial charge in [0.1, 0.15) is 5.76 Å². The zero-order valence-electron chi connectivity index (χ0n) is 9.06. The first-order valence-corrected chi connectivity index (χ1v) is 6.12. The van der Waals surface area contributed by atoms with Gasteiger partial charge in [-0.25, -0.2) is 0 Å². The molecule has 0 saturated carbocycles. The Hall–Kier alpha value is -0.900. The lowest BCUT2D eigenvalue weighted by Crippen LogP contribution is -2.38. The minimum absolute atomic E-state index is 0.525. The molecule has 2 atom stereocenters. The fraction of sp³-hybridized carbons (Fsp3) is 0.545. The van der Waals surface area contributed by atoms with Crippen molar-refractivity contribution in [2.75, 3.05) is 0 Å². The van der Waals surface area contributed by atoms with E-state index in [-0.39, 0.29) is 0 Å². The fourth-order valence-corrected chi connectivity index (χ4v) is 2.85. The highest BCUT2D eigenvalue weighted by Crippen LogP contribution is 2.22. The lowest BCUT2D eigenvalue weighted by atomic mass is 10.2. The maximum atomic E-state index is 5.23. The number of nitrogens with one attached hydrogen (secondary N) is 1. The SMILES string of the molecule is CC1CC(C)SC(=NCc2ccco2)N1. The van der Waals surface area contributed by atoms with Gasteiger partial charge in [-0.15, -0.1) is 0 Å². The molecule has 2 heterocycles. The number of hydrogen-bond acceptors (Lipinski definition) is 3. The molecule has 2 unspecified atom stereocenters. The molecule has 15 heavy (non-hydrogen) atoms. The van der Waals surface area contributed by atoms with Crippen molar-refractivity contribution in [3.8, 4) is 0 Å². The highest BCUT2D eigenvalue weighted by molar-refractivity contribution is 8.14. The lowest BCUT2D eigenvalue weighted by molar-refractivity contribution is 0.512. The van der Waals surface area contributed by atoms with Crippen LogP contribution in [0.3, 0.4) is 0 Å². The van der Waals surface area contributed by atoms with Crippen LogP contribution in [0, 0.1) is 0 Å². The van der Waals surface area contributed by atoms with Crippen molar-refractivity contribution < 1.29 is 4.42 Å². The molecule has 1 fully saturated rings. The number of hydrogen-bond donors (Lipinski definition) is 1. The highest BCUT2D eigenvalue weighted by atomic mass is 32.2. The zero-order chi connectivity index (χ0) is 10.7. The van der Waals surface area contributed by atoms with Crippen LogP contribution in [0.5, 0.6) is 0 Å². The summed E-state index contributed by atoms with van der Waals surface area (Å²) in [4.78, 5) is 4.50. The Labute approximate surface area is 94.3 Å². The molecule has 0 aliphatic carbocycles. The predicted octanol–water partition coefficient (Wildman–Crippen LogP) is 2.64. The lowest BCUT2D eigenvalue weighted by Gasteiger charge is -2.26. The predicted molar refractivity (Wildman–Crippen MR) is 64.1 cm³/mol. The molecule has 4 heteroatoms. The summed E-state index contributed by atoms with van der Waals surface area (Å²) in [5, 5.41) is 5.07. The smallest absolute Gasteiger partial charge is 0.157 e. The Morgan fingerprint density at radius 1 is 1.60 bits per heavy atom. The maximum Gasteiger partial charge on any atom is 0.157 e. The molecule has 82 valence electrons. The van der Waals surface area contributed by atoms with Gasteiger partial charge in [-0.2, -0.15) is 0 Å². The average Bonchev–Trinajstić information content (AvgIpc) is 2.65. The van der Waals surface area contributed by atoms with E-state index < -0.39 is 0 Å². The summed E-state index contributed by atoms with van der Waals surface area (Å²) < 4.78 is 5.23. The molecule has 0 radical (unpaired) electrons. The molecule has 1 aliphatic rings. The largest absolute Gasteiger partial charge is 0.467 e. The van der Waals surface area contributed by atoms with Crippen LogP contribution in [-0.2, 0) is 6.54 Å². The van der Waals surface area contributed by atoms with Crippen molar-refractivity contribution in [3.63, 3.8) is 0 Å². The number of aliphatic imine (C=N–C) groups is 1. The van der Waals surface area contributed by atoms with Crippen molar-refractivity contribution in [3.05, 3.63) is 24.2 Å². The molecule has 1 N–H and O–H groups in total. The minimum atomic E-state index is 0.525. The van der Waals surface area contributed by atoms with Crippen molar-refractivity contribution in [2.45, 2.75) is 38.1 Å². The molecule has 0 aromatic carbocycles. The van der Waals surface area contributed by atoms with Crippen LogP contribution < -0.4 is 5.32 Å². The van der Waals surface area contributed by atoms with Gasteiger partial charge < -0.3 is 9.73 Å². The summed E-state index contributed by atoms with van der Waals surface area (Å²) >= 11 is 1.81. The maximum absolute atomic E-state index is 5.23. The quantitative estimate of drug-likeness (QED) is 0.839. The Morgan fingerprint density at radius 2 is 2.47 bits per heavy atom. The van der Waals surface area contributed by atoms with Crippen LogP contribution >= 0.6 is 11.8 Å². The first kappa shape index (κ1) is 10.6. The van der Waals surface area contributed by atoms with Gasteiger partial charge in [0.2, 0.25) is 0 Å². The van der Waals surface area contributed by atoms with Gasteiger partial charge in [0.05, 0.1) is 12.8 Å². The van der Waals surface area contributed by atoms with E-state index in [0.29, 0.717) is 17.8 Å². The van der Waals surface area contributed by atoms with E-state index >= 15 is 0 Å². The number of rotatable bonds is 2. The second-order valence-corrected chi connectivity index (χ2v) is 5.34. The van der Waals surface area contributed by atoms with Crippen molar-refractivity contribution in [2.24, 2.45) is 4.99 Å². The molecule has 2 rings (SSSR count). The van der Waals surface area contributed by atoms with Crippen LogP contribution in [0.25, 0.3) is 0 Å². The van der Waals surface area contributed by atoms with Gasteiger partial charge in [0, 0.05) is 11.3 Å². The Bertz CT molecular complexity index is 322. The number of thioether (sulfide) groups is 1. The zero-order valence-corrected chi connectivity index (χ0v) is 9.88. The molecule has 0 amide bonds. The molecule has 1 aliphatic heterocycles. The standard InChI is InChI=1S/C11H16N2OS/c1-8-6-9(2)15-11(13-8)12-7-10-4-3-5-14-10/h3-5,8-9H,6-7H2,1-2H3,(H,12,13). The van der Waals surface area contributed by atoms with Gasteiger partial charge in [0.25, 0.3) is 0 Å². The van der Waals surface area contributed by atoms with Gasteiger partial charge in [-0.05, 0) is 25.5 Å². The molecule has 0 bridgehead atoms. The van der Waals surface area contributed by atoms with Crippen LogP contribution in [0.15, 0.2) is 27.8 Å². The summed E-state index contributed by atoms with van der Waals surface area (Å²) in [7, 11) is 0. The van der Waals surface area contributed by atoms with E-state index in [2.05, 4.69) is 24.2 Å². The molecule has 3 nitrogen and oxygen atoms in total. The fourth-order valence-electron chi connectivity index (χ4n) is 1.68. The number of amidine groups is 1.